The van der Waals surface area contributed by atoms with Crippen LogP contribution in [0, 0.1) is 9.39 Å². The zero-order chi connectivity index (χ0) is 15.4. The summed E-state index contributed by atoms with van der Waals surface area (Å²) in [5, 5.41) is 3.63. The van der Waals surface area contributed by atoms with E-state index < -0.39 is 0 Å². The smallest absolute Gasteiger partial charge is 0.142 e. The molecule has 0 amide bonds. The molecule has 2 aromatic carbocycles. The fourth-order valence-electron chi connectivity index (χ4n) is 2.22. The predicted octanol–water partition coefficient (Wildman–Crippen LogP) is 5.74. The van der Waals surface area contributed by atoms with Gasteiger partial charge in [0.25, 0.3) is 0 Å². The molecule has 0 spiro atoms. The molecule has 0 saturated carbocycles. The van der Waals surface area contributed by atoms with E-state index in [1.54, 1.807) is 6.07 Å². The molecule has 2 aromatic rings. The van der Waals surface area contributed by atoms with Crippen molar-refractivity contribution < 1.29 is 4.39 Å². The second-order valence-corrected chi connectivity index (χ2v) is 7.21. The van der Waals surface area contributed by atoms with Crippen molar-refractivity contribution in [2.24, 2.45) is 0 Å². The van der Waals surface area contributed by atoms with Gasteiger partial charge in [-0.05, 0) is 77.0 Å². The summed E-state index contributed by atoms with van der Waals surface area (Å²) in [6.45, 7) is 2.92. The second-order valence-electron chi connectivity index (χ2n) is 4.73. The van der Waals surface area contributed by atoms with Crippen LogP contribution >= 0.6 is 50.1 Å². The second kappa shape index (κ2) is 7.90. The quantitative estimate of drug-likeness (QED) is 0.536. The molecule has 0 aliphatic heterocycles. The first-order valence-electron chi connectivity index (χ1n) is 6.63. The zero-order valence-electron chi connectivity index (χ0n) is 11.5. The van der Waals surface area contributed by atoms with Crippen molar-refractivity contribution in [1.82, 2.24) is 5.32 Å². The van der Waals surface area contributed by atoms with Crippen LogP contribution in [0.4, 0.5) is 4.39 Å². The summed E-state index contributed by atoms with van der Waals surface area (Å²) in [5.41, 5.74) is 2.14. The number of likely N-dealkylation sites (N-methyl/N-ethyl adjacent to an activating group) is 1. The fourth-order valence-corrected chi connectivity index (χ4v) is 3.43. The van der Waals surface area contributed by atoms with Gasteiger partial charge in [-0.3, -0.25) is 0 Å². The van der Waals surface area contributed by atoms with Crippen LogP contribution < -0.4 is 5.32 Å². The summed E-state index contributed by atoms with van der Waals surface area (Å²) in [4.78, 5) is 0. The van der Waals surface area contributed by atoms with Crippen LogP contribution in [-0.4, -0.2) is 6.54 Å². The summed E-state index contributed by atoms with van der Waals surface area (Å²) in [6, 6.07) is 11.4. The molecule has 1 N–H and O–H groups in total. The highest BCUT2D eigenvalue weighted by Gasteiger charge is 2.15. The summed E-state index contributed by atoms with van der Waals surface area (Å²) in [5.74, 6) is -0.367. The van der Waals surface area contributed by atoms with Crippen molar-refractivity contribution in [3.05, 3.63) is 66.4 Å². The standard InChI is InChI=1S/C16H15BrClFIN/c1-2-21-16(12-9-11(17)4-6-15(12)20)8-10-3-5-13(18)14(19)7-10/h3-7,9,16,21H,2,8H2,1H3. The number of hydrogen-bond acceptors (Lipinski definition) is 1. The molecule has 5 heteroatoms. The highest BCUT2D eigenvalue weighted by molar-refractivity contribution is 14.1. The average molecular weight is 483 g/mol. The molecule has 0 aliphatic carbocycles. The Hall–Kier alpha value is -0.170. The molecule has 0 radical (unpaired) electrons. The molecule has 0 aliphatic rings. The third-order valence-electron chi connectivity index (χ3n) is 3.21. The van der Waals surface area contributed by atoms with Gasteiger partial charge in [0.15, 0.2) is 0 Å². The van der Waals surface area contributed by atoms with E-state index in [4.69, 9.17) is 11.6 Å². The molecule has 2 rings (SSSR count). The van der Waals surface area contributed by atoms with E-state index in [0.29, 0.717) is 6.42 Å². The molecule has 0 fully saturated rings. The van der Waals surface area contributed by atoms with Crippen LogP contribution in [0.2, 0.25) is 5.02 Å². The van der Waals surface area contributed by atoms with E-state index in [0.717, 1.165) is 16.6 Å². The van der Waals surface area contributed by atoms with Gasteiger partial charge in [-0.25, -0.2) is 4.39 Å². The summed E-state index contributed by atoms with van der Waals surface area (Å²) >= 11 is 11.6. The first kappa shape index (κ1) is 17.2. The summed E-state index contributed by atoms with van der Waals surface area (Å²) in [7, 11) is 0. The van der Waals surface area contributed by atoms with Gasteiger partial charge in [-0.15, -0.1) is 0 Å². The monoisotopic (exact) mass is 481 g/mol. The topological polar surface area (TPSA) is 12.0 Å². The molecule has 0 bridgehead atoms. The van der Waals surface area contributed by atoms with Gasteiger partial charge >= 0.3 is 0 Å². The maximum absolute atomic E-state index is 13.6. The minimum absolute atomic E-state index is 0.139. The third-order valence-corrected chi connectivity index (χ3v) is 4.99. The highest BCUT2D eigenvalue weighted by Crippen LogP contribution is 2.27. The Morgan fingerprint density at radius 3 is 2.71 bits per heavy atom. The normalized spacial score (nSPS) is 12.4. The summed E-state index contributed by atoms with van der Waals surface area (Å²) in [6.07, 6.45) is 0.717. The van der Waals surface area contributed by atoms with Gasteiger partial charge in [0.2, 0.25) is 0 Å². The Labute approximate surface area is 151 Å². The SMILES string of the molecule is CCNC(Cc1ccc(Cl)c(F)c1)c1cc(Br)ccc1I. The van der Waals surface area contributed by atoms with Gasteiger partial charge in [0.1, 0.15) is 5.82 Å². The van der Waals surface area contributed by atoms with E-state index in [1.165, 1.54) is 15.2 Å². The number of benzene rings is 2. The molecular formula is C16H15BrClFIN. The largest absolute Gasteiger partial charge is 0.310 e. The van der Waals surface area contributed by atoms with Gasteiger partial charge in [-0.1, -0.05) is 40.5 Å². The molecule has 1 unspecified atom stereocenters. The lowest BCUT2D eigenvalue weighted by Gasteiger charge is -2.20. The lowest BCUT2D eigenvalue weighted by atomic mass is 9.99. The Kier molecular flexibility index (Phi) is 6.47. The van der Waals surface area contributed by atoms with Crippen molar-refractivity contribution in [2.45, 2.75) is 19.4 Å². The van der Waals surface area contributed by atoms with Crippen molar-refractivity contribution in [3.63, 3.8) is 0 Å². The van der Waals surface area contributed by atoms with Crippen LogP contribution in [0.5, 0.6) is 0 Å². The van der Waals surface area contributed by atoms with Crippen LogP contribution in [0.1, 0.15) is 24.1 Å². The maximum Gasteiger partial charge on any atom is 0.142 e. The zero-order valence-corrected chi connectivity index (χ0v) is 16.0. The van der Waals surface area contributed by atoms with E-state index in [2.05, 4.69) is 62.9 Å². The minimum Gasteiger partial charge on any atom is -0.310 e. The van der Waals surface area contributed by atoms with Crippen molar-refractivity contribution in [1.29, 1.82) is 0 Å². The van der Waals surface area contributed by atoms with Gasteiger partial charge in [0.05, 0.1) is 5.02 Å². The lowest BCUT2D eigenvalue weighted by molar-refractivity contribution is 0.544. The Morgan fingerprint density at radius 1 is 1.29 bits per heavy atom. The Bertz CT molecular complexity index is 636. The molecule has 1 nitrogen and oxygen atoms in total. The minimum atomic E-state index is -0.367. The number of hydrogen-bond donors (Lipinski definition) is 1. The third kappa shape index (κ3) is 4.65. The molecule has 1 atom stereocenters. The average Bonchev–Trinajstić information content (AvgIpc) is 2.45. The van der Waals surface area contributed by atoms with E-state index in [1.807, 2.05) is 12.1 Å². The van der Waals surface area contributed by atoms with Crippen molar-refractivity contribution in [2.75, 3.05) is 6.54 Å². The van der Waals surface area contributed by atoms with Gasteiger partial charge in [0, 0.05) is 14.1 Å². The highest BCUT2D eigenvalue weighted by atomic mass is 127. The Morgan fingerprint density at radius 2 is 2.05 bits per heavy atom. The van der Waals surface area contributed by atoms with Gasteiger partial charge < -0.3 is 5.32 Å². The molecule has 0 heterocycles. The van der Waals surface area contributed by atoms with Crippen LogP contribution in [0.3, 0.4) is 0 Å². The van der Waals surface area contributed by atoms with Crippen LogP contribution in [0.15, 0.2) is 40.9 Å². The molecular weight excluding hydrogens is 467 g/mol. The number of halogens is 4. The fraction of sp³-hybridized carbons (Fsp3) is 0.250. The number of rotatable bonds is 5. The summed E-state index contributed by atoms with van der Waals surface area (Å²) < 4.78 is 15.8. The van der Waals surface area contributed by atoms with Crippen molar-refractivity contribution >= 4 is 50.1 Å². The first-order valence-corrected chi connectivity index (χ1v) is 8.88. The maximum atomic E-state index is 13.6. The van der Waals surface area contributed by atoms with E-state index in [-0.39, 0.29) is 16.9 Å². The van der Waals surface area contributed by atoms with E-state index >= 15 is 0 Å². The number of nitrogens with one attached hydrogen (secondary N) is 1. The molecule has 0 saturated heterocycles. The lowest BCUT2D eigenvalue weighted by Crippen LogP contribution is -2.23. The predicted molar refractivity (Wildman–Crippen MR) is 98.4 cm³/mol. The Balaban J connectivity index is 2.30. The molecule has 112 valence electrons. The first-order chi connectivity index (χ1) is 10.0. The van der Waals surface area contributed by atoms with Crippen LogP contribution in [-0.2, 0) is 6.42 Å². The molecule has 21 heavy (non-hydrogen) atoms. The molecule has 0 aromatic heterocycles. The van der Waals surface area contributed by atoms with Crippen LogP contribution in [0.25, 0.3) is 0 Å². The van der Waals surface area contributed by atoms with Gasteiger partial charge in [-0.2, -0.15) is 0 Å². The van der Waals surface area contributed by atoms with E-state index in [9.17, 15) is 4.39 Å². The van der Waals surface area contributed by atoms with Crippen molar-refractivity contribution in [3.8, 4) is 0 Å².